The van der Waals surface area contributed by atoms with E-state index in [1.165, 1.54) is 0 Å². The smallest absolute Gasteiger partial charge is 0.269 e. The zero-order valence-electron chi connectivity index (χ0n) is 25.7. The van der Waals surface area contributed by atoms with Crippen molar-refractivity contribution >= 4 is 40.6 Å². The summed E-state index contributed by atoms with van der Waals surface area (Å²) >= 11 is 6.50. The van der Waals surface area contributed by atoms with Crippen molar-refractivity contribution in [2.75, 3.05) is 10.6 Å². The van der Waals surface area contributed by atoms with Crippen LogP contribution in [0.1, 0.15) is 94.4 Å². The Hall–Kier alpha value is -2.86. The lowest BCUT2D eigenvalue weighted by molar-refractivity contribution is -0.145. The number of hydrogen-bond donors (Lipinski definition) is 2. The van der Waals surface area contributed by atoms with E-state index in [2.05, 4.69) is 52.2 Å². The first-order valence-corrected chi connectivity index (χ1v) is 14.5. The third-order valence-electron chi connectivity index (χ3n) is 8.15. The van der Waals surface area contributed by atoms with Crippen molar-refractivity contribution in [3.63, 3.8) is 0 Å². The van der Waals surface area contributed by atoms with Crippen LogP contribution in [-0.2, 0) is 14.4 Å². The molecule has 0 aliphatic rings. The quantitative estimate of drug-likeness (QED) is 0.236. The second-order valence-electron chi connectivity index (χ2n) is 13.0. The maximum Gasteiger partial charge on any atom is 0.269 e. The van der Waals surface area contributed by atoms with Crippen molar-refractivity contribution in [1.82, 2.24) is 0 Å². The number of rotatable bonds is 13. The van der Waals surface area contributed by atoms with Gasteiger partial charge in [0.15, 0.2) is 5.60 Å². The van der Waals surface area contributed by atoms with Crippen molar-refractivity contribution in [3.05, 3.63) is 53.6 Å². The predicted molar refractivity (Wildman–Crippen MR) is 165 cm³/mol. The van der Waals surface area contributed by atoms with Crippen molar-refractivity contribution < 1.29 is 19.1 Å². The van der Waals surface area contributed by atoms with E-state index < -0.39 is 22.3 Å². The van der Waals surface area contributed by atoms with Crippen molar-refractivity contribution in [2.45, 2.75) is 100 Å². The van der Waals surface area contributed by atoms with Crippen LogP contribution in [0, 0.1) is 16.2 Å². The molecule has 0 radical (unpaired) electrons. The summed E-state index contributed by atoms with van der Waals surface area (Å²) in [5, 5.41) is 6.02. The Kier molecular flexibility index (Phi) is 11.0. The molecule has 0 aliphatic carbocycles. The van der Waals surface area contributed by atoms with Crippen LogP contribution in [0.15, 0.2) is 48.5 Å². The Morgan fingerprint density at radius 2 is 1.45 bits per heavy atom. The first-order valence-electron chi connectivity index (χ1n) is 14.1. The number of carbonyl (C=O) groups is 3. The number of Topliss-reactive ketones (excluding diaryl/α,β-unsaturated/α-hetero) is 1. The van der Waals surface area contributed by atoms with E-state index in [4.69, 9.17) is 16.3 Å². The van der Waals surface area contributed by atoms with Crippen molar-refractivity contribution in [3.8, 4) is 5.75 Å². The van der Waals surface area contributed by atoms with Gasteiger partial charge in [-0.2, -0.15) is 0 Å². The fourth-order valence-electron chi connectivity index (χ4n) is 4.19. The maximum absolute atomic E-state index is 14.3. The van der Waals surface area contributed by atoms with Gasteiger partial charge in [-0.25, -0.2) is 0 Å². The van der Waals surface area contributed by atoms with Gasteiger partial charge in [0.25, 0.3) is 5.91 Å². The SMILES string of the molecule is CCC(C)(C)CCC(Oc1ccccc1)(C(=O)Nc1ccc(NC(=O)CC(=O)C(C)(C)C)c(Cl)c1)C(C)(C)CC. The first kappa shape index (κ1) is 33.3. The van der Waals surface area contributed by atoms with Crippen molar-refractivity contribution in [2.24, 2.45) is 16.2 Å². The molecule has 6 nitrogen and oxygen atoms in total. The molecule has 2 aromatic carbocycles. The van der Waals surface area contributed by atoms with Gasteiger partial charge in [0, 0.05) is 16.5 Å². The molecule has 2 rings (SSSR count). The van der Waals surface area contributed by atoms with Gasteiger partial charge in [0.05, 0.1) is 17.1 Å². The Labute approximate surface area is 245 Å². The molecule has 1 atom stereocenters. The van der Waals surface area contributed by atoms with Crippen LogP contribution in [0.5, 0.6) is 5.75 Å². The molecule has 1 unspecified atom stereocenters. The summed E-state index contributed by atoms with van der Waals surface area (Å²) in [5.41, 5.74) is -1.39. The number of carbonyl (C=O) groups excluding carboxylic acids is 3. The molecule has 0 spiro atoms. The number of hydrogen-bond acceptors (Lipinski definition) is 4. The van der Waals surface area contributed by atoms with Gasteiger partial charge >= 0.3 is 0 Å². The second kappa shape index (κ2) is 13.2. The van der Waals surface area contributed by atoms with Crippen LogP contribution in [0.2, 0.25) is 5.02 Å². The molecule has 7 heteroatoms. The van der Waals surface area contributed by atoms with E-state index in [1.54, 1.807) is 39.0 Å². The molecule has 0 fully saturated rings. The highest BCUT2D eigenvalue weighted by Crippen LogP contribution is 2.45. The summed E-state index contributed by atoms with van der Waals surface area (Å²) in [5.74, 6) is -0.213. The Bertz CT molecular complexity index is 1180. The third-order valence-corrected chi connectivity index (χ3v) is 8.46. The van der Waals surface area contributed by atoms with Crippen LogP contribution in [0.4, 0.5) is 11.4 Å². The molecule has 0 saturated carbocycles. The van der Waals surface area contributed by atoms with Crippen molar-refractivity contribution in [1.29, 1.82) is 0 Å². The molecule has 0 aliphatic heterocycles. The molecule has 2 aromatic rings. The van der Waals surface area contributed by atoms with Crippen LogP contribution < -0.4 is 15.4 Å². The minimum Gasteiger partial charge on any atom is -0.477 e. The average Bonchev–Trinajstić information content (AvgIpc) is 2.88. The van der Waals surface area contributed by atoms with Gasteiger partial charge in [0.1, 0.15) is 11.5 Å². The molecule has 2 amide bonds. The second-order valence-corrected chi connectivity index (χ2v) is 13.5. The van der Waals surface area contributed by atoms with Gasteiger partial charge in [-0.3, -0.25) is 14.4 Å². The van der Waals surface area contributed by atoms with Crippen LogP contribution in [-0.4, -0.2) is 23.2 Å². The number of ether oxygens (including phenoxy) is 1. The summed E-state index contributed by atoms with van der Waals surface area (Å²) < 4.78 is 6.67. The minimum atomic E-state index is -1.16. The third kappa shape index (κ3) is 8.57. The van der Waals surface area contributed by atoms with E-state index in [9.17, 15) is 14.4 Å². The van der Waals surface area contributed by atoms with E-state index in [0.717, 1.165) is 19.3 Å². The Balaban J connectivity index is 2.39. The summed E-state index contributed by atoms with van der Waals surface area (Å²) in [4.78, 5) is 38.9. The molecule has 0 bridgehead atoms. The fourth-order valence-corrected chi connectivity index (χ4v) is 4.42. The number of nitrogens with one attached hydrogen (secondary N) is 2. The van der Waals surface area contributed by atoms with E-state index in [-0.39, 0.29) is 28.5 Å². The number of halogens is 1. The number of benzene rings is 2. The lowest BCUT2D eigenvalue weighted by Crippen LogP contribution is -2.58. The van der Waals surface area contributed by atoms with Gasteiger partial charge in [0.2, 0.25) is 5.91 Å². The summed E-state index contributed by atoms with van der Waals surface area (Å²) in [6, 6.07) is 14.4. The van der Waals surface area contributed by atoms with Gasteiger partial charge in [-0.1, -0.05) is 98.5 Å². The molecular formula is C33H47ClN2O4. The van der Waals surface area contributed by atoms with Gasteiger partial charge in [-0.15, -0.1) is 0 Å². The van der Waals surface area contributed by atoms with E-state index in [1.807, 2.05) is 30.3 Å². The monoisotopic (exact) mass is 570 g/mol. The minimum absolute atomic E-state index is 0.0347. The fraction of sp³-hybridized carbons (Fsp3) is 0.545. The topological polar surface area (TPSA) is 84.5 Å². The highest BCUT2D eigenvalue weighted by atomic mass is 35.5. The van der Waals surface area contributed by atoms with E-state index in [0.29, 0.717) is 23.5 Å². The summed E-state index contributed by atoms with van der Waals surface area (Å²) in [6.07, 6.45) is 2.79. The molecule has 220 valence electrons. The summed E-state index contributed by atoms with van der Waals surface area (Å²) in [6.45, 7) is 18.1. The van der Waals surface area contributed by atoms with Gasteiger partial charge < -0.3 is 15.4 Å². The average molecular weight is 571 g/mol. The van der Waals surface area contributed by atoms with Gasteiger partial charge in [-0.05, 0) is 55.0 Å². The molecule has 0 saturated heterocycles. The number of anilines is 2. The number of ketones is 1. The molecule has 2 N–H and O–H groups in total. The Morgan fingerprint density at radius 1 is 0.825 bits per heavy atom. The highest BCUT2D eigenvalue weighted by molar-refractivity contribution is 6.34. The number of para-hydroxylation sites is 1. The predicted octanol–water partition coefficient (Wildman–Crippen LogP) is 8.69. The van der Waals surface area contributed by atoms with Crippen LogP contribution in [0.3, 0.4) is 0 Å². The first-order chi connectivity index (χ1) is 18.5. The number of amides is 2. The molecular weight excluding hydrogens is 524 g/mol. The zero-order chi connectivity index (χ0) is 30.4. The summed E-state index contributed by atoms with van der Waals surface area (Å²) in [7, 11) is 0. The lowest BCUT2D eigenvalue weighted by Gasteiger charge is -2.46. The van der Waals surface area contributed by atoms with Crippen LogP contribution in [0.25, 0.3) is 0 Å². The molecule has 0 heterocycles. The standard InChI is InChI=1S/C33H47ClN2O4/c1-10-31(6,7)19-20-33(32(8,9)11-2,40-24-15-13-12-14-16-24)29(39)35-23-17-18-26(25(34)21-23)36-28(38)22-27(37)30(3,4)5/h12-18,21H,10-11,19-20,22H2,1-9H3,(H,35,39)(H,36,38). The van der Waals surface area contributed by atoms with E-state index >= 15 is 0 Å². The zero-order valence-corrected chi connectivity index (χ0v) is 26.4. The molecule has 40 heavy (non-hydrogen) atoms. The highest BCUT2D eigenvalue weighted by Gasteiger charge is 2.53. The molecule has 0 aromatic heterocycles. The maximum atomic E-state index is 14.3. The lowest BCUT2D eigenvalue weighted by atomic mass is 9.67. The normalized spacial score (nSPS) is 13.8. The Morgan fingerprint density at radius 3 is 1.98 bits per heavy atom. The van der Waals surface area contributed by atoms with Crippen LogP contribution >= 0.6 is 11.6 Å². The largest absolute Gasteiger partial charge is 0.477 e.